The van der Waals surface area contributed by atoms with Crippen LogP contribution in [0, 0.1) is 0 Å². The monoisotopic (exact) mass is 556 g/mol. The smallest absolute Gasteiger partial charge is 0.437 e. The number of para-hydroxylation sites is 1. The summed E-state index contributed by atoms with van der Waals surface area (Å²) in [5, 5.41) is 62.1. The van der Waals surface area contributed by atoms with Gasteiger partial charge in [0.05, 0.1) is 13.2 Å². The lowest BCUT2D eigenvalue weighted by atomic mass is 9.95. The molecule has 0 unspecified atom stereocenters. The van der Waals surface area contributed by atoms with Crippen LogP contribution in [0.2, 0.25) is 0 Å². The number of nitrogens with zero attached hydrogens (tertiary/aromatic N) is 1. The number of hydrogen-bond donors (Lipinski definition) is 8. The minimum Gasteiger partial charge on any atom is -0.468 e. The third-order valence-electron chi connectivity index (χ3n) is 5.90. The zero-order chi connectivity index (χ0) is 28.7. The maximum atomic E-state index is 12.1. The quantitative estimate of drug-likeness (QED) is 0.119. The van der Waals surface area contributed by atoms with Crippen LogP contribution in [0.5, 0.6) is 0 Å². The number of aliphatic hydroxyl groups excluding tert-OH is 5. The Hall–Kier alpha value is -3.38. The van der Waals surface area contributed by atoms with Crippen LogP contribution in [0.1, 0.15) is 13.8 Å². The lowest BCUT2D eigenvalue weighted by molar-refractivity contribution is -0.301. The van der Waals surface area contributed by atoms with E-state index in [0.29, 0.717) is 5.69 Å². The standard InChI is InChI=1S/C23H32N4O12/c1-10(30)24-15-19(34)20(38-22-16(25-11(2)31)18(33)17(32)13(8-28)37-22)14(9-29)36-21(15)27-39-23(35)26-12-6-4-3-5-7-12/h3-7,13-20,22,28-29,32-34H,8-9H2,1-2H3,(H,24,30)(H,25,31)(H,26,35)/b27-21-/t13-,14-,15-,16-,17-,18-,19-,20-,22+/m1/s1. The SMILES string of the molecule is CC(=O)N[C@H]1[C@H](O[C@H]2[C@H](O)[C@@H](NC(C)=O)/C(=N/OC(=O)Nc3ccccc3)O[C@@H]2CO)O[C@H](CO)[C@@H](O)[C@@H]1O. The van der Waals surface area contributed by atoms with Crippen LogP contribution < -0.4 is 16.0 Å². The predicted molar refractivity (Wildman–Crippen MR) is 130 cm³/mol. The van der Waals surface area contributed by atoms with Crippen molar-refractivity contribution in [2.24, 2.45) is 5.16 Å². The van der Waals surface area contributed by atoms with Gasteiger partial charge in [-0.05, 0) is 17.3 Å². The number of nitrogens with one attached hydrogen (secondary N) is 3. The highest BCUT2D eigenvalue weighted by Gasteiger charge is 2.51. The molecule has 9 atom stereocenters. The minimum atomic E-state index is -1.70. The molecule has 16 nitrogen and oxygen atoms in total. The average molecular weight is 557 g/mol. The molecule has 2 heterocycles. The molecule has 1 aromatic carbocycles. The van der Waals surface area contributed by atoms with Crippen molar-refractivity contribution < 1.29 is 59.0 Å². The van der Waals surface area contributed by atoms with E-state index in [4.69, 9.17) is 19.0 Å². The number of oxime groups is 1. The van der Waals surface area contributed by atoms with Gasteiger partial charge in [-0.2, -0.15) is 0 Å². The van der Waals surface area contributed by atoms with Gasteiger partial charge in [-0.1, -0.05) is 18.2 Å². The Morgan fingerprint density at radius 1 is 0.923 bits per heavy atom. The van der Waals surface area contributed by atoms with Gasteiger partial charge in [0.15, 0.2) is 12.4 Å². The van der Waals surface area contributed by atoms with Crippen LogP contribution in [0.3, 0.4) is 0 Å². The fourth-order valence-corrected chi connectivity index (χ4v) is 4.09. The molecule has 1 aromatic rings. The van der Waals surface area contributed by atoms with Crippen molar-refractivity contribution in [1.82, 2.24) is 10.6 Å². The predicted octanol–water partition coefficient (Wildman–Crippen LogP) is -2.87. The number of ether oxygens (including phenoxy) is 3. The largest absolute Gasteiger partial charge is 0.468 e. The lowest BCUT2D eigenvalue weighted by Gasteiger charge is -2.46. The summed E-state index contributed by atoms with van der Waals surface area (Å²) in [4.78, 5) is 40.5. The van der Waals surface area contributed by atoms with Crippen LogP contribution in [0.25, 0.3) is 0 Å². The van der Waals surface area contributed by atoms with E-state index in [1.165, 1.54) is 0 Å². The summed E-state index contributed by atoms with van der Waals surface area (Å²) < 4.78 is 16.9. The highest BCUT2D eigenvalue weighted by molar-refractivity contribution is 5.89. The third kappa shape index (κ3) is 7.60. The van der Waals surface area contributed by atoms with E-state index in [2.05, 4.69) is 21.1 Å². The topological polar surface area (TPSA) is 238 Å². The molecule has 0 radical (unpaired) electrons. The second-order valence-corrected chi connectivity index (χ2v) is 8.84. The molecule has 3 rings (SSSR count). The molecule has 0 spiro atoms. The summed E-state index contributed by atoms with van der Waals surface area (Å²) in [7, 11) is 0. The van der Waals surface area contributed by atoms with Crippen molar-refractivity contribution >= 4 is 29.5 Å². The van der Waals surface area contributed by atoms with Crippen molar-refractivity contribution in [2.45, 2.75) is 68.8 Å². The Balaban J connectivity index is 1.82. The van der Waals surface area contributed by atoms with Crippen LogP contribution in [-0.4, -0.2) is 118 Å². The van der Waals surface area contributed by atoms with E-state index in [1.54, 1.807) is 30.3 Å². The molecule has 3 amide bonds. The average Bonchev–Trinajstić information content (AvgIpc) is 2.89. The van der Waals surface area contributed by atoms with Gasteiger partial charge in [-0.15, -0.1) is 0 Å². The van der Waals surface area contributed by atoms with E-state index in [1.807, 2.05) is 0 Å². The first kappa shape index (κ1) is 30.2. The van der Waals surface area contributed by atoms with E-state index in [0.717, 1.165) is 13.8 Å². The first-order valence-electron chi connectivity index (χ1n) is 11.9. The molecule has 2 saturated heterocycles. The number of amides is 3. The van der Waals surface area contributed by atoms with Gasteiger partial charge < -0.3 is 50.4 Å². The van der Waals surface area contributed by atoms with Gasteiger partial charge >= 0.3 is 6.09 Å². The number of hydrogen-bond acceptors (Lipinski definition) is 13. The van der Waals surface area contributed by atoms with Crippen LogP contribution >= 0.6 is 0 Å². The van der Waals surface area contributed by atoms with Gasteiger partial charge in [-0.25, -0.2) is 4.79 Å². The van der Waals surface area contributed by atoms with E-state index in [9.17, 15) is 39.9 Å². The summed E-state index contributed by atoms with van der Waals surface area (Å²) in [5.74, 6) is -1.71. The number of carbonyl (C=O) groups is 3. The molecular weight excluding hydrogens is 524 g/mol. The van der Waals surface area contributed by atoms with Crippen molar-refractivity contribution in [3.05, 3.63) is 30.3 Å². The van der Waals surface area contributed by atoms with E-state index >= 15 is 0 Å². The molecule has 0 bridgehead atoms. The summed E-state index contributed by atoms with van der Waals surface area (Å²) in [6, 6.07) is 5.49. The fraction of sp³-hybridized carbons (Fsp3) is 0.565. The molecule has 2 aliphatic rings. The van der Waals surface area contributed by atoms with Gasteiger partial charge in [0, 0.05) is 19.5 Å². The van der Waals surface area contributed by atoms with E-state index < -0.39 is 92.0 Å². The molecular formula is C23H32N4O12. The molecule has 2 fully saturated rings. The second-order valence-electron chi connectivity index (χ2n) is 8.84. The Labute approximate surface area is 222 Å². The van der Waals surface area contributed by atoms with Crippen LogP contribution in [0.15, 0.2) is 35.5 Å². The Morgan fingerprint density at radius 3 is 2.15 bits per heavy atom. The minimum absolute atomic E-state index is 0.405. The molecule has 2 aliphatic heterocycles. The van der Waals surface area contributed by atoms with Crippen LogP contribution in [-0.2, 0) is 28.6 Å². The number of benzene rings is 1. The highest BCUT2D eigenvalue weighted by atomic mass is 16.7. The fourth-order valence-electron chi connectivity index (χ4n) is 4.09. The lowest BCUT2D eigenvalue weighted by Crippen LogP contribution is -2.68. The molecule has 16 heteroatoms. The molecule has 39 heavy (non-hydrogen) atoms. The van der Waals surface area contributed by atoms with Gasteiger partial charge in [0.25, 0.3) is 5.90 Å². The molecule has 216 valence electrons. The second kappa shape index (κ2) is 13.6. The Morgan fingerprint density at radius 2 is 1.56 bits per heavy atom. The summed E-state index contributed by atoms with van der Waals surface area (Å²) in [6.07, 6.45) is -11.7. The number of anilines is 1. The number of aliphatic hydroxyl groups is 5. The maximum Gasteiger partial charge on any atom is 0.437 e. The van der Waals surface area contributed by atoms with Gasteiger partial charge in [0.2, 0.25) is 11.8 Å². The molecule has 8 N–H and O–H groups in total. The van der Waals surface area contributed by atoms with Gasteiger partial charge in [-0.3, -0.25) is 19.7 Å². The first-order valence-corrected chi connectivity index (χ1v) is 11.9. The maximum absolute atomic E-state index is 12.1. The Kier molecular flexibility index (Phi) is 10.5. The van der Waals surface area contributed by atoms with E-state index in [-0.39, 0.29) is 0 Å². The van der Waals surface area contributed by atoms with Gasteiger partial charge in [0.1, 0.15) is 42.6 Å². The Bertz CT molecular complexity index is 1030. The summed E-state index contributed by atoms with van der Waals surface area (Å²) in [5.41, 5.74) is 0.405. The molecule has 0 aliphatic carbocycles. The summed E-state index contributed by atoms with van der Waals surface area (Å²) in [6.45, 7) is 0.802. The highest BCUT2D eigenvalue weighted by Crippen LogP contribution is 2.28. The third-order valence-corrected chi connectivity index (χ3v) is 5.90. The van der Waals surface area contributed by atoms with Crippen LogP contribution in [0.4, 0.5) is 10.5 Å². The van der Waals surface area contributed by atoms with Crippen molar-refractivity contribution in [1.29, 1.82) is 0 Å². The number of carbonyl (C=O) groups excluding carboxylic acids is 3. The first-order chi connectivity index (χ1) is 18.5. The van der Waals surface area contributed by atoms with Crippen molar-refractivity contribution in [3.8, 4) is 0 Å². The molecule has 0 saturated carbocycles. The zero-order valence-corrected chi connectivity index (χ0v) is 21.0. The molecule has 0 aromatic heterocycles. The van der Waals surface area contributed by atoms with Crippen molar-refractivity contribution in [2.75, 3.05) is 18.5 Å². The summed E-state index contributed by atoms with van der Waals surface area (Å²) >= 11 is 0. The normalized spacial score (nSPS) is 33.5. The zero-order valence-electron chi connectivity index (χ0n) is 21.0. The number of rotatable bonds is 8. The van der Waals surface area contributed by atoms with Crippen molar-refractivity contribution in [3.63, 3.8) is 0 Å².